The van der Waals surface area contributed by atoms with E-state index in [4.69, 9.17) is 73.1 Å². The highest BCUT2D eigenvalue weighted by atomic mass is 35.5. The molecule has 15 heteroatoms. The van der Waals surface area contributed by atoms with Gasteiger partial charge in [0.15, 0.2) is 11.5 Å². The molecule has 0 saturated heterocycles. The van der Waals surface area contributed by atoms with Gasteiger partial charge in [-0.3, -0.25) is 0 Å². The molecule has 0 aromatic heterocycles. The average Bonchev–Trinajstić information content (AvgIpc) is 3.57. The smallest absolute Gasteiger partial charge is 0.416 e. The molecule has 8 aromatic rings. The molecule has 0 aliphatic carbocycles. The van der Waals surface area contributed by atoms with Crippen LogP contribution in [0.2, 0.25) is 15.1 Å². The van der Waals surface area contributed by atoms with Crippen LogP contribution in [0.5, 0.6) is 40.2 Å². The summed E-state index contributed by atoms with van der Waals surface area (Å²) in [5.41, 5.74) is 8.86. The predicted octanol–water partition coefficient (Wildman–Crippen LogP) is 19.2. The molecule has 0 bridgehead atoms. The van der Waals surface area contributed by atoms with Gasteiger partial charge in [0.25, 0.3) is 0 Å². The summed E-state index contributed by atoms with van der Waals surface area (Å²) in [7, 11) is 11.4. The summed E-state index contributed by atoms with van der Waals surface area (Å²) >= 11 is 17.4. The van der Waals surface area contributed by atoms with Gasteiger partial charge in [-0.25, -0.2) is 4.39 Å². The number of methoxy groups -OCH3 is 7. The Labute approximate surface area is 499 Å². The third kappa shape index (κ3) is 27.6. The lowest BCUT2D eigenvalue weighted by atomic mass is 10.0. The minimum Gasteiger partial charge on any atom is -0.497 e. The van der Waals surface area contributed by atoms with Crippen molar-refractivity contribution in [2.24, 2.45) is 0 Å². The second-order valence-corrected chi connectivity index (χ2v) is 19.5. The van der Waals surface area contributed by atoms with E-state index in [9.17, 15) is 17.6 Å². The highest BCUT2D eigenvalue weighted by Crippen LogP contribution is 2.38. The molecule has 0 fully saturated rings. The Morgan fingerprint density at radius 1 is 0.378 bits per heavy atom. The number of halogens is 7. The molecule has 82 heavy (non-hydrogen) atoms. The van der Waals surface area contributed by atoms with Gasteiger partial charge in [0, 0.05) is 26.7 Å². The first kappa shape index (κ1) is 72.9. The Morgan fingerprint density at radius 3 is 1.23 bits per heavy atom. The van der Waals surface area contributed by atoms with E-state index < -0.39 is 29.7 Å². The largest absolute Gasteiger partial charge is 0.497 e. The molecule has 0 saturated carbocycles. The summed E-state index contributed by atoms with van der Waals surface area (Å²) < 4.78 is 85.5. The van der Waals surface area contributed by atoms with Crippen molar-refractivity contribution < 1.29 is 55.8 Å². The van der Waals surface area contributed by atoms with Gasteiger partial charge in [-0.2, -0.15) is 13.2 Å². The summed E-state index contributed by atoms with van der Waals surface area (Å²) in [5.74, 6) is 4.73. The van der Waals surface area contributed by atoms with Crippen LogP contribution in [0.1, 0.15) is 66.8 Å². The number of rotatable bonds is 8. The van der Waals surface area contributed by atoms with Gasteiger partial charge < -0.3 is 38.3 Å². The molecular weight excluding hydrogens is 1120 g/mol. The highest BCUT2D eigenvalue weighted by molar-refractivity contribution is 6.32. The maximum Gasteiger partial charge on any atom is 0.416 e. The van der Waals surface area contributed by atoms with E-state index >= 15 is 0 Å². The van der Waals surface area contributed by atoms with Crippen LogP contribution in [0.25, 0.3) is 0 Å². The highest BCUT2D eigenvalue weighted by Gasteiger charge is 2.33. The van der Waals surface area contributed by atoms with Crippen molar-refractivity contribution in [3.63, 3.8) is 0 Å². The average molecular weight is 1190 g/mol. The Kier molecular flexibility index (Phi) is 34.3. The minimum absolute atomic E-state index is 0.0884. The third-order valence-corrected chi connectivity index (χ3v) is 12.6. The molecule has 0 spiro atoms. The first-order valence-corrected chi connectivity index (χ1v) is 26.7. The van der Waals surface area contributed by atoms with Gasteiger partial charge in [-0.1, -0.05) is 113 Å². The molecule has 0 aliphatic rings. The summed E-state index contributed by atoms with van der Waals surface area (Å²) in [6.45, 7) is 18.5. The molecule has 1 N–H and O–H groups in total. The number of hydrogen-bond donors (Lipinski definition) is 1. The molecule has 0 amide bonds. The molecular formula is C67H79Cl3F4O8. The molecule has 0 radical (unpaired) electrons. The summed E-state index contributed by atoms with van der Waals surface area (Å²) in [4.78, 5) is 0. The van der Waals surface area contributed by atoms with E-state index in [1.165, 1.54) is 23.6 Å². The van der Waals surface area contributed by atoms with Crippen LogP contribution in [0.15, 0.2) is 152 Å². The van der Waals surface area contributed by atoms with Gasteiger partial charge >= 0.3 is 6.18 Å². The van der Waals surface area contributed by atoms with Gasteiger partial charge in [0.1, 0.15) is 28.8 Å². The zero-order chi connectivity index (χ0) is 62.1. The summed E-state index contributed by atoms with van der Waals surface area (Å²) in [6, 6.07) is 46.9. The van der Waals surface area contributed by atoms with E-state index in [1.54, 1.807) is 49.8 Å². The van der Waals surface area contributed by atoms with Crippen molar-refractivity contribution in [2.45, 2.75) is 82.0 Å². The topological polar surface area (TPSA) is 84.8 Å². The molecule has 0 atom stereocenters. The fourth-order valence-corrected chi connectivity index (χ4v) is 7.44. The first-order valence-electron chi connectivity index (χ1n) is 25.5. The standard InChI is InChI=1S/C10H14O3.C9H11ClO.C9H8F4O.C9H12O2.C8H9Cl.C8H10O.C7H7Cl.C7H8/c1-7-5-8(11-2)10(13-4)9(6-7)12-3;1-6-4-8(10)7(2)9(5-6)11-3;1-5-2-7(9(11,12)13)6(4-14)3-8(5)10;1-7-4-8(10-2)6-9(5-7)11-3;1-6-3-4-7(2)8(9)5-6;1-7-4-3-5-8(6-7)9-2;1-6-4-2-3-5-7(6)8;1-7-5-3-2-4-6-7/h5-6H,1-4H3;4-5H,1-3H3;2-3,14H,4H2,1H3;4-6H,1-3H3;3-5H,1-2H3;3-6H,1-2H3;2-5H,1H3;2-6H,1H3. The van der Waals surface area contributed by atoms with Crippen molar-refractivity contribution >= 4 is 34.8 Å². The minimum atomic E-state index is -4.56. The Bertz CT molecular complexity index is 3070. The Morgan fingerprint density at radius 2 is 0.829 bits per heavy atom. The Hall–Kier alpha value is -7.09. The maximum absolute atomic E-state index is 12.9. The lowest BCUT2D eigenvalue weighted by molar-refractivity contribution is -0.138. The predicted molar refractivity (Wildman–Crippen MR) is 331 cm³/mol. The van der Waals surface area contributed by atoms with Crippen LogP contribution in [-0.4, -0.2) is 54.9 Å². The monoisotopic (exact) mass is 1190 g/mol. The van der Waals surface area contributed by atoms with Crippen molar-refractivity contribution in [1.29, 1.82) is 0 Å². The van der Waals surface area contributed by atoms with Crippen LogP contribution in [0.3, 0.4) is 0 Å². The zero-order valence-corrected chi connectivity index (χ0v) is 52.4. The van der Waals surface area contributed by atoms with E-state index in [1.807, 2.05) is 177 Å². The van der Waals surface area contributed by atoms with Crippen LogP contribution in [0.4, 0.5) is 17.6 Å². The van der Waals surface area contributed by atoms with Crippen molar-refractivity contribution in [2.75, 3.05) is 49.8 Å². The van der Waals surface area contributed by atoms with E-state index in [0.717, 1.165) is 71.4 Å². The number of aliphatic hydroxyl groups excluding tert-OH is 1. The SMILES string of the molecule is COc1cc(C)cc(Cl)c1C.COc1cc(C)cc(OC)c1.COc1cc(C)cc(OC)c1OC.COc1cccc(C)c1.Cc1cc(C(F)(F)F)c(CO)cc1F.Cc1ccc(C)c(Cl)c1.Cc1ccccc1.Cc1ccccc1Cl. The normalized spacial score (nSPS) is 9.82. The van der Waals surface area contributed by atoms with Crippen molar-refractivity contribution in [3.05, 3.63) is 239 Å². The lowest BCUT2D eigenvalue weighted by Gasteiger charge is -2.12. The van der Waals surface area contributed by atoms with Gasteiger partial charge in [-0.15, -0.1) is 0 Å². The van der Waals surface area contributed by atoms with E-state index in [-0.39, 0.29) is 5.56 Å². The van der Waals surface area contributed by atoms with Gasteiger partial charge in [0.05, 0.1) is 61.9 Å². The summed E-state index contributed by atoms with van der Waals surface area (Å²) in [5, 5.41) is 11.1. The molecule has 444 valence electrons. The number of hydrogen-bond acceptors (Lipinski definition) is 8. The molecule has 0 heterocycles. The first-order chi connectivity index (χ1) is 38.7. The van der Waals surface area contributed by atoms with Gasteiger partial charge in [0.2, 0.25) is 5.75 Å². The summed E-state index contributed by atoms with van der Waals surface area (Å²) in [6.07, 6.45) is -4.56. The number of aliphatic hydroxyl groups is 1. The quantitative estimate of drug-likeness (QED) is 0.151. The number of alkyl halides is 3. The number of aryl methyl sites for hydroxylation is 9. The van der Waals surface area contributed by atoms with Gasteiger partial charge in [-0.05, 0) is 192 Å². The molecule has 0 unspecified atom stereocenters. The number of benzene rings is 8. The van der Waals surface area contributed by atoms with Crippen LogP contribution >= 0.6 is 34.8 Å². The molecule has 8 nitrogen and oxygen atoms in total. The van der Waals surface area contributed by atoms with Crippen molar-refractivity contribution in [1.82, 2.24) is 0 Å². The van der Waals surface area contributed by atoms with Crippen LogP contribution in [0, 0.1) is 75.1 Å². The lowest BCUT2D eigenvalue weighted by Crippen LogP contribution is -2.10. The molecule has 8 aromatic carbocycles. The maximum atomic E-state index is 12.9. The molecule has 0 aliphatic heterocycles. The number of ether oxygens (including phenoxy) is 7. The van der Waals surface area contributed by atoms with Crippen molar-refractivity contribution in [3.8, 4) is 40.2 Å². The molecule has 8 rings (SSSR count). The fraction of sp³-hybridized carbons (Fsp3) is 0.284. The van der Waals surface area contributed by atoms with Crippen LogP contribution < -0.4 is 33.2 Å². The third-order valence-electron chi connectivity index (χ3n) is 11.4. The zero-order valence-electron chi connectivity index (χ0n) is 50.1. The second-order valence-electron chi connectivity index (χ2n) is 18.3. The fourth-order valence-electron chi connectivity index (χ4n) is 6.80. The second kappa shape index (κ2) is 38.6. The van der Waals surface area contributed by atoms with E-state index in [0.29, 0.717) is 29.4 Å². The van der Waals surface area contributed by atoms with E-state index in [2.05, 4.69) is 25.1 Å². The van der Waals surface area contributed by atoms with Crippen LogP contribution in [-0.2, 0) is 12.8 Å². The Balaban J connectivity index is 0.000000472.